The topological polar surface area (TPSA) is 84.3 Å². The normalized spacial score (nSPS) is 18.6. The molecule has 20 heavy (non-hydrogen) atoms. The second-order valence-electron chi connectivity index (χ2n) is 4.57. The summed E-state index contributed by atoms with van der Waals surface area (Å²) >= 11 is 0. The summed E-state index contributed by atoms with van der Waals surface area (Å²) < 4.78 is 26.6. The van der Waals surface area contributed by atoms with Crippen LogP contribution in [0.15, 0.2) is 12.1 Å². The second-order valence-corrected chi connectivity index (χ2v) is 4.57. The van der Waals surface area contributed by atoms with E-state index in [9.17, 15) is 23.7 Å². The number of anilines is 1. The van der Waals surface area contributed by atoms with Gasteiger partial charge in [0.25, 0.3) is 5.69 Å². The summed E-state index contributed by atoms with van der Waals surface area (Å²) in [6, 6.07) is 1.08. The lowest BCUT2D eigenvalue weighted by atomic mass is 9.98. The number of rotatable bonds is 3. The lowest BCUT2D eigenvalue weighted by molar-refractivity contribution is -0.384. The van der Waals surface area contributed by atoms with Crippen LogP contribution < -0.4 is 10.6 Å². The molecule has 2 rings (SSSR count). The number of amides is 1. The molecule has 0 unspecified atom stereocenters. The van der Waals surface area contributed by atoms with Crippen LogP contribution in [0.2, 0.25) is 0 Å². The van der Waals surface area contributed by atoms with Gasteiger partial charge < -0.3 is 10.6 Å². The molecule has 0 bridgehead atoms. The third-order valence-corrected chi connectivity index (χ3v) is 3.15. The predicted molar refractivity (Wildman–Crippen MR) is 67.2 cm³/mol. The van der Waals surface area contributed by atoms with Gasteiger partial charge in [0.2, 0.25) is 5.91 Å². The summed E-state index contributed by atoms with van der Waals surface area (Å²) in [5.41, 5.74) is -1.38. The summed E-state index contributed by atoms with van der Waals surface area (Å²) in [5.74, 6) is -3.11. The van der Waals surface area contributed by atoms with E-state index in [-0.39, 0.29) is 5.92 Å². The van der Waals surface area contributed by atoms with E-state index in [1.807, 2.05) is 0 Å². The summed E-state index contributed by atoms with van der Waals surface area (Å²) in [6.07, 6.45) is 1.42. The molecule has 1 aromatic rings. The van der Waals surface area contributed by atoms with Crippen LogP contribution in [-0.2, 0) is 4.79 Å². The highest BCUT2D eigenvalue weighted by atomic mass is 19.1. The Labute approximate surface area is 113 Å². The number of piperidine rings is 1. The number of benzene rings is 1. The third-order valence-electron chi connectivity index (χ3n) is 3.15. The minimum Gasteiger partial charge on any atom is -0.318 e. The number of nitro groups is 1. The molecule has 1 saturated heterocycles. The van der Waals surface area contributed by atoms with Crippen LogP contribution in [-0.4, -0.2) is 23.9 Å². The second kappa shape index (κ2) is 5.91. The van der Waals surface area contributed by atoms with Gasteiger partial charge in [-0.05, 0) is 19.4 Å². The molecule has 0 aliphatic carbocycles. The summed E-state index contributed by atoms with van der Waals surface area (Å²) in [5, 5.41) is 16.0. The summed E-state index contributed by atoms with van der Waals surface area (Å²) in [7, 11) is 0. The van der Waals surface area contributed by atoms with E-state index in [4.69, 9.17) is 0 Å². The van der Waals surface area contributed by atoms with Crippen LogP contribution >= 0.6 is 0 Å². The molecule has 108 valence electrons. The number of nitrogens with one attached hydrogen (secondary N) is 2. The van der Waals surface area contributed by atoms with Crippen molar-refractivity contribution < 1.29 is 18.5 Å². The molecule has 0 spiro atoms. The van der Waals surface area contributed by atoms with E-state index in [0.717, 1.165) is 13.0 Å². The minimum atomic E-state index is -1.16. The van der Waals surface area contributed by atoms with Crippen molar-refractivity contribution in [1.29, 1.82) is 0 Å². The van der Waals surface area contributed by atoms with Crippen LogP contribution in [0, 0.1) is 27.7 Å². The molecule has 0 aromatic heterocycles. The first-order valence-corrected chi connectivity index (χ1v) is 6.14. The number of carbonyl (C=O) groups excluding carboxylic acids is 1. The first kappa shape index (κ1) is 14.3. The number of hydrogen-bond acceptors (Lipinski definition) is 4. The molecular weight excluding hydrogens is 272 g/mol. The first-order valence-electron chi connectivity index (χ1n) is 6.14. The highest BCUT2D eigenvalue weighted by Gasteiger charge is 2.26. The van der Waals surface area contributed by atoms with Crippen molar-refractivity contribution in [3.8, 4) is 0 Å². The zero-order valence-corrected chi connectivity index (χ0v) is 10.5. The molecule has 1 fully saturated rings. The van der Waals surface area contributed by atoms with E-state index >= 15 is 0 Å². The molecule has 1 aliphatic heterocycles. The fourth-order valence-corrected chi connectivity index (χ4v) is 2.13. The smallest absolute Gasteiger partial charge is 0.298 e. The Morgan fingerprint density at radius 3 is 2.80 bits per heavy atom. The van der Waals surface area contributed by atoms with E-state index in [1.165, 1.54) is 0 Å². The Bertz CT molecular complexity index is 545. The minimum absolute atomic E-state index is 0.382. The average molecular weight is 285 g/mol. The fraction of sp³-hybridized carbons (Fsp3) is 0.417. The first-order chi connectivity index (χ1) is 9.49. The molecule has 1 aliphatic rings. The Morgan fingerprint density at radius 1 is 1.45 bits per heavy atom. The maximum atomic E-state index is 13.6. The van der Waals surface area contributed by atoms with E-state index < -0.39 is 33.8 Å². The molecule has 8 heteroatoms. The molecule has 6 nitrogen and oxygen atoms in total. The molecule has 0 saturated carbocycles. The Morgan fingerprint density at radius 2 is 2.20 bits per heavy atom. The predicted octanol–water partition coefficient (Wildman–Crippen LogP) is 1.81. The molecule has 1 amide bonds. The number of halogens is 2. The van der Waals surface area contributed by atoms with Crippen molar-refractivity contribution in [2.75, 3.05) is 18.4 Å². The maximum Gasteiger partial charge on any atom is 0.298 e. The van der Waals surface area contributed by atoms with Crippen molar-refractivity contribution in [3.05, 3.63) is 33.9 Å². The molecule has 2 N–H and O–H groups in total. The van der Waals surface area contributed by atoms with Crippen molar-refractivity contribution in [2.24, 2.45) is 5.92 Å². The third kappa shape index (κ3) is 3.08. The quantitative estimate of drug-likeness (QED) is 0.655. The van der Waals surface area contributed by atoms with Gasteiger partial charge in [0.05, 0.1) is 16.9 Å². The van der Waals surface area contributed by atoms with Gasteiger partial charge in [-0.1, -0.05) is 0 Å². The van der Waals surface area contributed by atoms with E-state index in [0.29, 0.717) is 25.1 Å². The molecular formula is C12H13F2N3O3. The fourth-order valence-electron chi connectivity index (χ4n) is 2.13. The number of carbonyl (C=O) groups is 1. The van der Waals surface area contributed by atoms with Gasteiger partial charge in [-0.15, -0.1) is 0 Å². The number of hydrogen-bond donors (Lipinski definition) is 2. The Hall–Kier alpha value is -2.09. The van der Waals surface area contributed by atoms with Crippen molar-refractivity contribution in [1.82, 2.24) is 5.32 Å². The van der Waals surface area contributed by atoms with Crippen molar-refractivity contribution in [2.45, 2.75) is 12.8 Å². The zero-order valence-electron chi connectivity index (χ0n) is 10.5. The number of nitrogens with zero attached hydrogens (tertiary/aromatic N) is 1. The molecule has 1 atom stereocenters. The monoisotopic (exact) mass is 285 g/mol. The molecule has 1 aromatic carbocycles. The lowest BCUT2D eigenvalue weighted by Gasteiger charge is -2.21. The zero-order chi connectivity index (χ0) is 14.7. The Kier molecular flexibility index (Phi) is 4.23. The van der Waals surface area contributed by atoms with E-state index in [2.05, 4.69) is 10.6 Å². The molecule has 0 radical (unpaired) electrons. The Balaban J connectivity index is 2.23. The standard InChI is InChI=1S/C12H13F2N3O3/c13-8-4-9(14)11(10(5-8)17(19)20)16-12(18)7-2-1-3-15-6-7/h4-5,7,15H,1-3,6H2,(H,16,18)/t7-/m0/s1. The lowest BCUT2D eigenvalue weighted by Crippen LogP contribution is -2.37. The van der Waals surface area contributed by atoms with E-state index in [1.54, 1.807) is 0 Å². The SMILES string of the molecule is O=C(Nc1c(F)cc(F)cc1[N+](=O)[O-])[C@H]1CCCNC1. The summed E-state index contributed by atoms with van der Waals surface area (Å²) in [4.78, 5) is 21.8. The van der Waals surface area contributed by atoms with Crippen LogP contribution in [0.5, 0.6) is 0 Å². The van der Waals surface area contributed by atoms with Crippen molar-refractivity contribution >= 4 is 17.3 Å². The van der Waals surface area contributed by atoms with Gasteiger partial charge in [-0.25, -0.2) is 8.78 Å². The maximum absolute atomic E-state index is 13.6. The highest BCUT2D eigenvalue weighted by molar-refractivity contribution is 5.95. The van der Waals surface area contributed by atoms with Crippen molar-refractivity contribution in [3.63, 3.8) is 0 Å². The van der Waals surface area contributed by atoms with Gasteiger partial charge in [0.1, 0.15) is 5.82 Å². The van der Waals surface area contributed by atoms with Gasteiger partial charge in [-0.2, -0.15) is 0 Å². The average Bonchev–Trinajstić information content (AvgIpc) is 2.42. The van der Waals surface area contributed by atoms with Crippen LogP contribution in [0.25, 0.3) is 0 Å². The van der Waals surface area contributed by atoms with Gasteiger partial charge in [0.15, 0.2) is 11.5 Å². The van der Waals surface area contributed by atoms with Crippen LogP contribution in [0.4, 0.5) is 20.2 Å². The van der Waals surface area contributed by atoms with Gasteiger partial charge in [-0.3, -0.25) is 14.9 Å². The van der Waals surface area contributed by atoms with Crippen LogP contribution in [0.3, 0.4) is 0 Å². The van der Waals surface area contributed by atoms with Gasteiger partial charge in [0, 0.05) is 12.6 Å². The van der Waals surface area contributed by atoms with Crippen LogP contribution in [0.1, 0.15) is 12.8 Å². The molecule has 1 heterocycles. The van der Waals surface area contributed by atoms with Gasteiger partial charge >= 0.3 is 0 Å². The summed E-state index contributed by atoms with van der Waals surface area (Å²) in [6.45, 7) is 1.23. The number of nitro benzene ring substituents is 1. The highest BCUT2D eigenvalue weighted by Crippen LogP contribution is 2.29. The largest absolute Gasteiger partial charge is 0.318 e.